The van der Waals surface area contributed by atoms with Gasteiger partial charge >= 0.3 is 0 Å². The third-order valence-corrected chi connectivity index (χ3v) is 6.41. The largest absolute Gasteiger partial charge is 0.512 e. The molecule has 2 aromatic carbocycles. The minimum atomic E-state index is -0.177. The van der Waals surface area contributed by atoms with Gasteiger partial charge in [0.2, 0.25) is 0 Å². The summed E-state index contributed by atoms with van der Waals surface area (Å²) in [6.07, 6.45) is 8.59. The van der Waals surface area contributed by atoms with Gasteiger partial charge in [-0.15, -0.1) is 0 Å². The number of aliphatic hydroxyl groups excluding tert-OH is 1. The van der Waals surface area contributed by atoms with E-state index in [1.165, 1.54) is 29.2 Å². The first-order chi connectivity index (χ1) is 17.0. The summed E-state index contributed by atoms with van der Waals surface area (Å²) < 4.78 is 13.5. The van der Waals surface area contributed by atoms with Crippen molar-refractivity contribution < 1.29 is 9.50 Å². The second-order valence-corrected chi connectivity index (χ2v) is 9.21. The van der Waals surface area contributed by atoms with E-state index in [4.69, 9.17) is 5.73 Å². The average molecular weight is 476 g/mol. The van der Waals surface area contributed by atoms with E-state index in [9.17, 15) is 9.50 Å². The van der Waals surface area contributed by atoms with E-state index >= 15 is 0 Å². The lowest BCUT2D eigenvalue weighted by Gasteiger charge is -2.19. The topological polar surface area (TPSA) is 71.2 Å². The number of aliphatic hydroxyl groups is 1. The Bertz CT molecular complexity index is 1090. The predicted molar refractivity (Wildman–Crippen MR) is 143 cm³/mol. The van der Waals surface area contributed by atoms with Gasteiger partial charge in [-0.2, -0.15) is 0 Å². The fourth-order valence-corrected chi connectivity index (χ4v) is 4.14. The van der Waals surface area contributed by atoms with Gasteiger partial charge in [-0.3, -0.25) is 0 Å². The molecule has 1 aromatic heterocycles. The van der Waals surface area contributed by atoms with E-state index < -0.39 is 0 Å². The van der Waals surface area contributed by atoms with Crippen molar-refractivity contribution in [2.45, 2.75) is 64.8 Å². The Kier molecular flexibility index (Phi) is 10.3. The second-order valence-electron chi connectivity index (χ2n) is 9.21. The minimum Gasteiger partial charge on any atom is -0.512 e. The molecule has 1 fully saturated rings. The number of allylic oxidation sites excluding steroid dienone is 2. The molecule has 0 radical (unpaired) electrons. The lowest BCUT2D eigenvalue weighted by molar-refractivity contribution is 0.374. The van der Waals surface area contributed by atoms with Gasteiger partial charge < -0.3 is 16.2 Å². The number of aryl methyl sites for hydroxylation is 1. The number of pyridine rings is 1. The highest BCUT2D eigenvalue weighted by atomic mass is 19.1. The molecule has 0 saturated heterocycles. The molecule has 4 nitrogen and oxygen atoms in total. The van der Waals surface area contributed by atoms with Crippen LogP contribution in [0, 0.1) is 12.7 Å². The maximum atomic E-state index is 13.5. The van der Waals surface area contributed by atoms with Crippen LogP contribution in [0.3, 0.4) is 0 Å². The van der Waals surface area contributed by atoms with Gasteiger partial charge in [-0.25, -0.2) is 9.37 Å². The number of nitrogens with two attached hydrogens (primary N) is 1. The van der Waals surface area contributed by atoms with Crippen LogP contribution in [0.15, 0.2) is 78.2 Å². The van der Waals surface area contributed by atoms with Crippen molar-refractivity contribution in [2.75, 3.05) is 12.3 Å². The standard InChI is InChI=1S/C24H30FNO.C6H8N2/c1-2-6-23(21-11-5-12-22(25)17-21)26-14-13-18-7-3-8-19(15-18)16-24(27)20-9-4-10-20;1-5-3-2-4-8-6(5)7/h3,5,7-8,11-12,15,17,23,26-27H,2,4,6,9-10,13-14,16H2,1H3;2-4H,1H3,(H2,7,8). The quantitative estimate of drug-likeness (QED) is 0.291. The van der Waals surface area contributed by atoms with E-state index in [1.807, 2.05) is 25.1 Å². The average Bonchev–Trinajstić information content (AvgIpc) is 2.80. The summed E-state index contributed by atoms with van der Waals surface area (Å²) in [5.41, 5.74) is 11.1. The number of nitrogens with one attached hydrogen (secondary N) is 1. The third-order valence-electron chi connectivity index (χ3n) is 6.41. The van der Waals surface area contributed by atoms with Crippen LogP contribution in [0.25, 0.3) is 0 Å². The molecular formula is C30H38FN3O. The van der Waals surface area contributed by atoms with Crippen LogP contribution in [-0.4, -0.2) is 16.6 Å². The molecule has 186 valence electrons. The molecule has 4 N–H and O–H groups in total. The summed E-state index contributed by atoms with van der Waals surface area (Å²) in [5, 5.41) is 13.8. The minimum absolute atomic E-state index is 0.177. The molecule has 5 heteroatoms. The molecule has 35 heavy (non-hydrogen) atoms. The van der Waals surface area contributed by atoms with Gasteiger partial charge in [0.1, 0.15) is 11.6 Å². The first-order valence-electron chi connectivity index (χ1n) is 12.6. The summed E-state index contributed by atoms with van der Waals surface area (Å²) in [7, 11) is 0. The molecule has 1 heterocycles. The SMILES string of the molecule is CCCC(NCCc1cccc(CC(O)=C2CCC2)c1)c1cccc(F)c1.Cc1cccnc1N. The summed E-state index contributed by atoms with van der Waals surface area (Å²) in [6, 6.07) is 19.4. The van der Waals surface area contributed by atoms with Gasteiger partial charge in [0.25, 0.3) is 0 Å². The van der Waals surface area contributed by atoms with Crippen molar-refractivity contribution >= 4 is 5.82 Å². The van der Waals surface area contributed by atoms with E-state index in [1.54, 1.807) is 18.3 Å². The summed E-state index contributed by atoms with van der Waals surface area (Å²) in [4.78, 5) is 3.86. The first kappa shape index (κ1) is 26.4. The Morgan fingerprint density at radius 2 is 1.86 bits per heavy atom. The maximum Gasteiger partial charge on any atom is 0.126 e. The maximum absolute atomic E-state index is 13.5. The van der Waals surface area contributed by atoms with E-state index in [0.717, 1.165) is 49.8 Å². The molecular weight excluding hydrogens is 437 g/mol. The molecule has 1 saturated carbocycles. The van der Waals surface area contributed by atoms with E-state index in [-0.39, 0.29) is 11.9 Å². The summed E-state index contributed by atoms with van der Waals surface area (Å²) in [5.74, 6) is 1.00. The highest BCUT2D eigenvalue weighted by Crippen LogP contribution is 2.29. The normalized spacial score (nSPS) is 13.4. The fourth-order valence-electron chi connectivity index (χ4n) is 4.14. The van der Waals surface area contributed by atoms with E-state index in [0.29, 0.717) is 18.0 Å². The number of halogens is 1. The lowest BCUT2D eigenvalue weighted by Crippen LogP contribution is -2.23. The predicted octanol–water partition coefficient (Wildman–Crippen LogP) is 7.01. The Balaban J connectivity index is 0.000000363. The number of hydrogen-bond acceptors (Lipinski definition) is 4. The number of hydrogen-bond donors (Lipinski definition) is 3. The molecule has 4 rings (SSSR count). The molecule has 1 unspecified atom stereocenters. The zero-order valence-corrected chi connectivity index (χ0v) is 20.9. The number of benzene rings is 2. The van der Waals surface area contributed by atoms with Crippen LogP contribution in [0.2, 0.25) is 0 Å². The smallest absolute Gasteiger partial charge is 0.126 e. The first-order valence-corrected chi connectivity index (χ1v) is 12.6. The lowest BCUT2D eigenvalue weighted by atomic mass is 9.89. The molecule has 0 aliphatic heterocycles. The highest BCUT2D eigenvalue weighted by Gasteiger charge is 2.14. The Hall–Kier alpha value is -3.18. The summed E-state index contributed by atoms with van der Waals surface area (Å²) >= 11 is 0. The molecule has 0 amide bonds. The molecule has 1 atom stereocenters. The number of nitrogen functional groups attached to an aromatic ring is 1. The van der Waals surface area contributed by atoms with Crippen LogP contribution < -0.4 is 11.1 Å². The van der Waals surface area contributed by atoms with Gasteiger partial charge in [0, 0.05) is 18.7 Å². The van der Waals surface area contributed by atoms with Crippen molar-refractivity contribution in [3.63, 3.8) is 0 Å². The van der Waals surface area contributed by atoms with Crippen LogP contribution in [-0.2, 0) is 12.8 Å². The fraction of sp³-hybridized carbons (Fsp3) is 0.367. The van der Waals surface area contributed by atoms with Crippen molar-refractivity contribution in [1.29, 1.82) is 0 Å². The van der Waals surface area contributed by atoms with Crippen molar-refractivity contribution in [3.05, 3.63) is 106 Å². The van der Waals surface area contributed by atoms with Gasteiger partial charge in [0.05, 0.1) is 5.76 Å². The zero-order valence-electron chi connectivity index (χ0n) is 20.9. The highest BCUT2D eigenvalue weighted by molar-refractivity contribution is 5.36. The Morgan fingerprint density at radius 1 is 1.09 bits per heavy atom. The second kappa shape index (κ2) is 13.6. The van der Waals surface area contributed by atoms with Crippen LogP contribution >= 0.6 is 0 Å². The number of nitrogens with zero attached hydrogens (tertiary/aromatic N) is 1. The van der Waals surface area contributed by atoms with Gasteiger partial charge in [0.15, 0.2) is 0 Å². The molecule has 1 aliphatic rings. The van der Waals surface area contributed by atoms with Crippen molar-refractivity contribution in [2.24, 2.45) is 0 Å². The molecule has 3 aromatic rings. The third kappa shape index (κ3) is 8.52. The Labute approximate surface area is 209 Å². The number of anilines is 1. The monoisotopic (exact) mass is 475 g/mol. The van der Waals surface area contributed by atoms with Gasteiger partial charge in [-0.1, -0.05) is 55.8 Å². The molecule has 0 spiro atoms. The van der Waals surface area contributed by atoms with Crippen LogP contribution in [0.5, 0.6) is 0 Å². The van der Waals surface area contributed by atoms with Crippen LogP contribution in [0.4, 0.5) is 10.2 Å². The van der Waals surface area contributed by atoms with Crippen LogP contribution in [0.1, 0.15) is 67.3 Å². The van der Waals surface area contributed by atoms with Crippen molar-refractivity contribution in [3.8, 4) is 0 Å². The number of aromatic nitrogens is 1. The van der Waals surface area contributed by atoms with Crippen molar-refractivity contribution in [1.82, 2.24) is 10.3 Å². The zero-order chi connectivity index (χ0) is 25.0. The Morgan fingerprint density at radius 3 is 2.49 bits per heavy atom. The van der Waals surface area contributed by atoms with E-state index in [2.05, 4.69) is 41.5 Å². The summed E-state index contributed by atoms with van der Waals surface area (Å²) in [6.45, 7) is 4.93. The molecule has 1 aliphatic carbocycles. The number of rotatable bonds is 9. The van der Waals surface area contributed by atoms with Gasteiger partial charge in [-0.05, 0) is 91.6 Å². The molecule has 0 bridgehead atoms.